The third kappa shape index (κ3) is 5.00. The molecule has 1 aromatic rings. The monoisotopic (exact) mass is 336 g/mol. The molecule has 7 nitrogen and oxygen atoms in total. The highest BCUT2D eigenvalue weighted by Gasteiger charge is 2.28. The van der Waals surface area contributed by atoms with Crippen molar-refractivity contribution in [1.82, 2.24) is 0 Å². The maximum Gasteiger partial charge on any atom is 0.339 e. The molecular weight excluding hydrogens is 316 g/mol. The van der Waals surface area contributed by atoms with Gasteiger partial charge >= 0.3 is 11.9 Å². The lowest BCUT2D eigenvalue weighted by molar-refractivity contribution is -0.165. The van der Waals surface area contributed by atoms with Crippen molar-refractivity contribution >= 4 is 23.8 Å². The lowest BCUT2D eigenvalue weighted by Crippen LogP contribution is -2.31. The number of Topliss-reactive ketones (excluding diaryl/α,β-unsaturated/α-hetero) is 1. The summed E-state index contributed by atoms with van der Waals surface area (Å²) in [5.74, 6) is -2.90. The number of carboxylic acid groups (broad SMARTS) is 1. The maximum absolute atomic E-state index is 12.4. The van der Waals surface area contributed by atoms with E-state index in [2.05, 4.69) is 4.74 Å². The van der Waals surface area contributed by atoms with Crippen molar-refractivity contribution in [3.8, 4) is 0 Å². The molecule has 0 aliphatic heterocycles. The number of hydrogen-bond acceptors (Lipinski definition) is 6. The van der Waals surface area contributed by atoms with Crippen LogP contribution in [0.5, 0.6) is 0 Å². The molecule has 0 heterocycles. The Balaban J connectivity index is 3.30. The Bertz CT molecular complexity index is 628. The molecule has 0 aliphatic rings. The minimum absolute atomic E-state index is 0.149. The van der Waals surface area contributed by atoms with Gasteiger partial charge in [0.1, 0.15) is 5.57 Å². The van der Waals surface area contributed by atoms with E-state index in [9.17, 15) is 19.5 Å². The first-order valence-electron chi connectivity index (χ1n) is 7.35. The smallest absolute Gasteiger partial charge is 0.339 e. The highest BCUT2D eigenvalue weighted by molar-refractivity contribution is 6.21. The molecule has 0 bridgehead atoms. The van der Waals surface area contributed by atoms with Gasteiger partial charge in [-0.3, -0.25) is 4.79 Å². The summed E-state index contributed by atoms with van der Waals surface area (Å²) >= 11 is 0. The van der Waals surface area contributed by atoms with E-state index < -0.39 is 29.6 Å². The number of carboxylic acids is 1. The lowest BCUT2D eigenvalue weighted by Gasteiger charge is -2.16. The predicted molar refractivity (Wildman–Crippen MR) is 85.4 cm³/mol. The number of hydrogen-bond donors (Lipinski definition) is 1. The number of carbonyl (C=O) groups is 3. The van der Waals surface area contributed by atoms with Crippen molar-refractivity contribution < 1.29 is 33.7 Å². The Labute approximate surface area is 139 Å². The van der Waals surface area contributed by atoms with E-state index in [1.165, 1.54) is 19.2 Å². The number of ketones is 1. The van der Waals surface area contributed by atoms with Gasteiger partial charge in [0.25, 0.3) is 0 Å². The fourth-order valence-corrected chi connectivity index (χ4v) is 1.94. The number of benzene rings is 1. The molecule has 1 rings (SSSR count). The number of methoxy groups -OCH3 is 1. The molecule has 0 radical (unpaired) electrons. The molecule has 0 fully saturated rings. The zero-order valence-corrected chi connectivity index (χ0v) is 13.8. The van der Waals surface area contributed by atoms with Crippen molar-refractivity contribution in [2.24, 2.45) is 0 Å². The quantitative estimate of drug-likeness (QED) is 0.242. The largest absolute Gasteiger partial charge is 0.478 e. The normalized spacial score (nSPS) is 11.4. The molecule has 0 saturated heterocycles. The minimum Gasteiger partial charge on any atom is -0.478 e. The van der Waals surface area contributed by atoms with Gasteiger partial charge in [-0.15, -0.1) is 0 Å². The third-order valence-corrected chi connectivity index (χ3v) is 3.01. The molecule has 130 valence electrons. The predicted octanol–water partition coefficient (Wildman–Crippen LogP) is 1.91. The van der Waals surface area contributed by atoms with Gasteiger partial charge in [0.05, 0.1) is 12.7 Å². The van der Waals surface area contributed by atoms with Gasteiger partial charge < -0.3 is 19.3 Å². The Morgan fingerprint density at radius 2 is 1.71 bits per heavy atom. The summed E-state index contributed by atoms with van der Waals surface area (Å²) in [7, 11) is 1.21. The Hall–Kier alpha value is -2.51. The van der Waals surface area contributed by atoms with E-state index in [0.29, 0.717) is 0 Å². The SMILES string of the molecule is CCOC(OCC)C(=O)/C(=C\c1ccccc1C(=O)OC)C(=O)O. The van der Waals surface area contributed by atoms with E-state index >= 15 is 0 Å². The summed E-state index contributed by atoms with van der Waals surface area (Å²) in [4.78, 5) is 35.7. The summed E-state index contributed by atoms with van der Waals surface area (Å²) in [5.41, 5.74) is -0.143. The summed E-state index contributed by atoms with van der Waals surface area (Å²) in [6.07, 6.45) is -0.199. The van der Waals surface area contributed by atoms with Crippen molar-refractivity contribution in [2.75, 3.05) is 20.3 Å². The molecule has 0 spiro atoms. The van der Waals surface area contributed by atoms with E-state index in [1.54, 1.807) is 26.0 Å². The van der Waals surface area contributed by atoms with Gasteiger partial charge in [0, 0.05) is 13.2 Å². The fraction of sp³-hybridized carbons (Fsp3) is 0.353. The van der Waals surface area contributed by atoms with Gasteiger partial charge in [-0.2, -0.15) is 0 Å². The second kappa shape index (κ2) is 9.59. The fourth-order valence-electron chi connectivity index (χ4n) is 1.94. The van der Waals surface area contributed by atoms with Crippen LogP contribution in [0.3, 0.4) is 0 Å². The van der Waals surface area contributed by atoms with Crippen LogP contribution < -0.4 is 0 Å². The number of esters is 1. The summed E-state index contributed by atoms with van der Waals surface area (Å²) < 4.78 is 14.9. The second-order valence-corrected chi connectivity index (χ2v) is 4.55. The van der Waals surface area contributed by atoms with Crippen LogP contribution >= 0.6 is 0 Å². The van der Waals surface area contributed by atoms with Gasteiger partial charge in [-0.25, -0.2) is 9.59 Å². The summed E-state index contributed by atoms with van der Waals surface area (Å²) in [6.45, 7) is 3.69. The minimum atomic E-state index is -1.44. The molecule has 0 unspecified atom stereocenters. The maximum atomic E-state index is 12.4. The second-order valence-electron chi connectivity index (χ2n) is 4.55. The summed E-state index contributed by atoms with van der Waals surface area (Å²) in [6, 6.07) is 6.21. The first kappa shape index (κ1) is 19.5. The van der Waals surface area contributed by atoms with Crippen molar-refractivity contribution in [3.63, 3.8) is 0 Å². The van der Waals surface area contributed by atoms with Crippen LogP contribution in [0.4, 0.5) is 0 Å². The molecule has 24 heavy (non-hydrogen) atoms. The molecule has 0 aromatic heterocycles. The van der Waals surface area contributed by atoms with Gasteiger partial charge in [-0.05, 0) is 31.6 Å². The Kier molecular flexibility index (Phi) is 7.81. The van der Waals surface area contributed by atoms with Crippen LogP contribution in [0.2, 0.25) is 0 Å². The van der Waals surface area contributed by atoms with E-state index in [4.69, 9.17) is 9.47 Å². The van der Waals surface area contributed by atoms with Crippen LogP contribution in [-0.4, -0.2) is 49.4 Å². The Morgan fingerprint density at radius 3 is 2.21 bits per heavy atom. The van der Waals surface area contributed by atoms with Crippen LogP contribution in [0.25, 0.3) is 6.08 Å². The molecule has 1 aromatic carbocycles. The highest BCUT2D eigenvalue weighted by atomic mass is 16.7. The topological polar surface area (TPSA) is 99.1 Å². The van der Waals surface area contributed by atoms with Crippen molar-refractivity contribution in [1.29, 1.82) is 0 Å². The van der Waals surface area contributed by atoms with Gasteiger partial charge in [0.15, 0.2) is 0 Å². The molecule has 1 N–H and O–H groups in total. The highest BCUT2D eigenvalue weighted by Crippen LogP contribution is 2.17. The molecule has 0 saturated carbocycles. The zero-order valence-electron chi connectivity index (χ0n) is 13.8. The van der Waals surface area contributed by atoms with E-state index in [-0.39, 0.29) is 24.3 Å². The first-order valence-corrected chi connectivity index (χ1v) is 7.35. The lowest BCUT2D eigenvalue weighted by atomic mass is 10.0. The van der Waals surface area contributed by atoms with E-state index in [1.807, 2.05) is 0 Å². The van der Waals surface area contributed by atoms with Crippen LogP contribution in [0.15, 0.2) is 29.8 Å². The molecule has 0 amide bonds. The number of aliphatic carboxylic acids is 1. The third-order valence-electron chi connectivity index (χ3n) is 3.01. The van der Waals surface area contributed by atoms with E-state index in [0.717, 1.165) is 6.08 Å². The number of carbonyl (C=O) groups excluding carboxylic acids is 2. The van der Waals surface area contributed by atoms with Crippen LogP contribution in [0, 0.1) is 0 Å². The number of rotatable bonds is 9. The summed E-state index contributed by atoms with van der Waals surface area (Å²) in [5, 5.41) is 9.36. The average Bonchev–Trinajstić information content (AvgIpc) is 2.58. The molecule has 0 atom stereocenters. The number of ether oxygens (including phenoxy) is 3. The van der Waals surface area contributed by atoms with Crippen molar-refractivity contribution in [3.05, 3.63) is 41.0 Å². The van der Waals surface area contributed by atoms with Crippen LogP contribution in [0.1, 0.15) is 29.8 Å². The van der Waals surface area contributed by atoms with Gasteiger partial charge in [0.2, 0.25) is 12.1 Å². The standard InChI is InChI=1S/C17H20O7/c1-4-23-17(24-5-2)14(18)13(15(19)20)10-11-8-6-7-9-12(11)16(21)22-3/h6-10,17H,4-5H2,1-3H3,(H,19,20)/b13-10+. The van der Waals surface area contributed by atoms with Crippen LogP contribution in [-0.2, 0) is 23.8 Å². The first-order chi connectivity index (χ1) is 11.5. The zero-order chi connectivity index (χ0) is 18.1. The van der Waals surface area contributed by atoms with Crippen molar-refractivity contribution in [2.45, 2.75) is 20.1 Å². The molecule has 7 heteroatoms. The molecular formula is C17H20O7. The average molecular weight is 336 g/mol. The molecule has 0 aliphatic carbocycles. The Morgan fingerprint density at radius 1 is 1.12 bits per heavy atom. The van der Waals surface area contributed by atoms with Gasteiger partial charge in [-0.1, -0.05) is 18.2 Å².